The fourth-order valence-electron chi connectivity index (χ4n) is 3.34. The van der Waals surface area contributed by atoms with Gasteiger partial charge in [-0.15, -0.1) is 0 Å². The molecule has 1 aromatic heterocycles. The summed E-state index contributed by atoms with van der Waals surface area (Å²) in [6.07, 6.45) is -1.69. The number of carboxylic acid groups (broad SMARTS) is 1. The van der Waals surface area contributed by atoms with Crippen molar-refractivity contribution in [2.45, 2.75) is 12.6 Å². The van der Waals surface area contributed by atoms with E-state index >= 15 is 0 Å². The van der Waals surface area contributed by atoms with E-state index in [1.54, 1.807) is 0 Å². The van der Waals surface area contributed by atoms with Crippen LogP contribution in [0.5, 0.6) is 5.75 Å². The Labute approximate surface area is 163 Å². The van der Waals surface area contributed by atoms with Gasteiger partial charge in [-0.3, -0.25) is 0 Å². The number of aromatic carboxylic acids is 1. The van der Waals surface area contributed by atoms with Crippen LogP contribution in [0.15, 0.2) is 30.3 Å². The van der Waals surface area contributed by atoms with Crippen molar-refractivity contribution in [3.05, 3.63) is 64.7 Å². The van der Waals surface area contributed by atoms with E-state index in [1.807, 2.05) is 0 Å². The normalized spacial score (nSPS) is 13.8. The first-order valence-electron chi connectivity index (χ1n) is 8.46. The molecule has 29 heavy (non-hydrogen) atoms. The Morgan fingerprint density at radius 2 is 1.86 bits per heavy atom. The van der Waals surface area contributed by atoms with Gasteiger partial charge in [-0.25, -0.2) is 22.9 Å². The van der Waals surface area contributed by atoms with Gasteiger partial charge in [0.15, 0.2) is 5.69 Å². The van der Waals surface area contributed by atoms with Crippen LogP contribution in [-0.2, 0) is 6.54 Å². The van der Waals surface area contributed by atoms with Crippen LogP contribution >= 0.6 is 0 Å². The van der Waals surface area contributed by atoms with Crippen molar-refractivity contribution < 1.29 is 32.9 Å². The number of fused-ring (bicyclic) bond motifs is 3. The molecule has 146 valence electrons. The van der Waals surface area contributed by atoms with Gasteiger partial charge in [-0.1, -0.05) is 11.5 Å². The van der Waals surface area contributed by atoms with Crippen LogP contribution in [0.2, 0.25) is 0 Å². The zero-order chi connectivity index (χ0) is 20.9. The van der Waals surface area contributed by atoms with Crippen LogP contribution in [0.3, 0.4) is 0 Å². The molecule has 6 nitrogen and oxygen atoms in total. The van der Waals surface area contributed by atoms with E-state index in [0.29, 0.717) is 6.07 Å². The lowest BCUT2D eigenvalue weighted by molar-refractivity contribution is 0.0684. The van der Waals surface area contributed by atoms with E-state index in [-0.39, 0.29) is 47.0 Å². The van der Waals surface area contributed by atoms with Crippen molar-refractivity contribution in [3.8, 4) is 17.1 Å². The van der Waals surface area contributed by atoms with E-state index < -0.39 is 35.2 Å². The summed E-state index contributed by atoms with van der Waals surface area (Å²) < 4.78 is 47.9. The standard InChI is InChI=1S/C19H12BF3N2O4/c20-12-6-11-14(7-13(12)23)29-2-1-25-16(15(19(27)28)24-18(11)25)17(26)8-3-9(21)5-10(22)4-8/h3-7,17,26H,1-2H2,(H,27,28). The second kappa shape index (κ2) is 6.96. The van der Waals surface area contributed by atoms with Gasteiger partial charge in [0.05, 0.1) is 17.8 Å². The maximum absolute atomic E-state index is 13.8. The van der Waals surface area contributed by atoms with Crippen LogP contribution in [0.4, 0.5) is 13.2 Å². The van der Waals surface area contributed by atoms with Crippen LogP contribution in [0.25, 0.3) is 11.4 Å². The van der Waals surface area contributed by atoms with Crippen LogP contribution in [0.1, 0.15) is 27.8 Å². The van der Waals surface area contributed by atoms with E-state index in [4.69, 9.17) is 12.6 Å². The molecule has 0 amide bonds. The SMILES string of the molecule is [B]c1cc2c(cc1F)OCCn1c-2nc(C(=O)O)c1C(O)c1cc(F)cc(F)c1. The highest BCUT2D eigenvalue weighted by Crippen LogP contribution is 2.36. The molecule has 0 fully saturated rings. The zero-order valence-electron chi connectivity index (χ0n) is 14.7. The third-order valence-corrected chi connectivity index (χ3v) is 4.58. The molecule has 1 aliphatic rings. The van der Waals surface area contributed by atoms with E-state index in [9.17, 15) is 28.2 Å². The van der Waals surface area contributed by atoms with Gasteiger partial charge in [0.1, 0.15) is 49.6 Å². The average Bonchev–Trinajstić information content (AvgIpc) is 2.94. The monoisotopic (exact) mass is 400 g/mol. The fourth-order valence-corrected chi connectivity index (χ4v) is 3.34. The minimum atomic E-state index is -1.69. The number of aromatic nitrogens is 2. The smallest absolute Gasteiger partial charge is 0.356 e. The number of aliphatic hydroxyl groups is 1. The highest BCUT2D eigenvalue weighted by molar-refractivity contribution is 6.32. The summed E-state index contributed by atoms with van der Waals surface area (Å²) in [6, 6.07) is 4.74. The number of carboxylic acids is 1. The Balaban J connectivity index is 1.95. The molecule has 0 aliphatic carbocycles. The van der Waals surface area contributed by atoms with E-state index in [2.05, 4.69) is 4.98 Å². The highest BCUT2D eigenvalue weighted by Gasteiger charge is 2.31. The molecular formula is C19H12BF3N2O4. The summed E-state index contributed by atoms with van der Waals surface area (Å²) in [6.45, 7) is 0.0615. The second-order valence-electron chi connectivity index (χ2n) is 6.45. The lowest BCUT2D eigenvalue weighted by Gasteiger charge is -2.16. The van der Waals surface area contributed by atoms with Gasteiger partial charge in [0, 0.05) is 12.1 Å². The van der Waals surface area contributed by atoms with Crippen molar-refractivity contribution in [2.24, 2.45) is 0 Å². The average molecular weight is 400 g/mol. The molecule has 1 unspecified atom stereocenters. The molecule has 0 bridgehead atoms. The second-order valence-corrected chi connectivity index (χ2v) is 6.45. The van der Waals surface area contributed by atoms with Crippen LogP contribution in [0, 0.1) is 17.5 Å². The number of nitrogens with zero attached hydrogens (tertiary/aromatic N) is 2. The minimum Gasteiger partial charge on any atom is -0.491 e. The largest absolute Gasteiger partial charge is 0.491 e. The van der Waals surface area contributed by atoms with Gasteiger partial charge in [-0.2, -0.15) is 0 Å². The van der Waals surface area contributed by atoms with E-state index in [0.717, 1.165) is 18.2 Å². The summed E-state index contributed by atoms with van der Waals surface area (Å²) >= 11 is 0. The number of imidazole rings is 1. The molecule has 2 radical (unpaired) electrons. The summed E-state index contributed by atoms with van der Waals surface area (Å²) in [5.41, 5.74) is -0.843. The van der Waals surface area contributed by atoms with Crippen molar-refractivity contribution in [2.75, 3.05) is 6.61 Å². The number of carbonyl (C=O) groups is 1. The van der Waals surface area contributed by atoms with Crippen molar-refractivity contribution in [1.29, 1.82) is 0 Å². The molecule has 10 heteroatoms. The number of halogens is 3. The molecule has 2 aromatic carbocycles. The Bertz CT molecular complexity index is 1130. The fraction of sp³-hybridized carbons (Fsp3) is 0.158. The molecule has 3 aromatic rings. The summed E-state index contributed by atoms with van der Waals surface area (Å²) in [5.74, 6) is -3.83. The minimum absolute atomic E-state index is 0.00993. The third-order valence-electron chi connectivity index (χ3n) is 4.58. The van der Waals surface area contributed by atoms with Gasteiger partial charge in [0.2, 0.25) is 0 Å². The third kappa shape index (κ3) is 3.25. The molecule has 1 aliphatic heterocycles. The molecular weight excluding hydrogens is 388 g/mol. The highest BCUT2D eigenvalue weighted by atomic mass is 19.1. The van der Waals surface area contributed by atoms with Gasteiger partial charge in [-0.05, 0) is 17.7 Å². The number of hydrogen-bond acceptors (Lipinski definition) is 4. The Hall–Kier alpha value is -3.27. The molecule has 1 atom stereocenters. The summed E-state index contributed by atoms with van der Waals surface area (Å²) in [5, 5.41) is 20.4. The van der Waals surface area contributed by atoms with Crippen molar-refractivity contribution in [3.63, 3.8) is 0 Å². The van der Waals surface area contributed by atoms with Crippen molar-refractivity contribution in [1.82, 2.24) is 9.55 Å². The first-order chi connectivity index (χ1) is 13.8. The number of benzene rings is 2. The maximum atomic E-state index is 13.8. The predicted molar refractivity (Wildman–Crippen MR) is 95.9 cm³/mol. The Morgan fingerprint density at radius 3 is 2.52 bits per heavy atom. The van der Waals surface area contributed by atoms with Crippen LogP contribution in [-0.4, -0.2) is 40.2 Å². The zero-order valence-corrected chi connectivity index (χ0v) is 14.7. The van der Waals surface area contributed by atoms with Gasteiger partial charge in [0.25, 0.3) is 0 Å². The molecule has 0 saturated heterocycles. The molecule has 2 heterocycles. The predicted octanol–water partition coefficient (Wildman–Crippen LogP) is 1.93. The molecule has 0 spiro atoms. The lowest BCUT2D eigenvalue weighted by Crippen LogP contribution is -2.16. The number of ether oxygens (including phenoxy) is 1. The Morgan fingerprint density at radius 1 is 1.17 bits per heavy atom. The first kappa shape index (κ1) is 19.1. The first-order valence-corrected chi connectivity index (χ1v) is 8.46. The van der Waals surface area contributed by atoms with Gasteiger partial charge >= 0.3 is 5.97 Å². The molecule has 2 N–H and O–H groups in total. The summed E-state index contributed by atoms with van der Waals surface area (Å²) in [7, 11) is 5.62. The topological polar surface area (TPSA) is 84.6 Å². The number of rotatable bonds is 3. The van der Waals surface area contributed by atoms with E-state index in [1.165, 1.54) is 10.6 Å². The molecule has 4 rings (SSSR count). The quantitative estimate of drug-likeness (QED) is 0.657. The van der Waals surface area contributed by atoms with Gasteiger partial charge < -0.3 is 19.5 Å². The van der Waals surface area contributed by atoms with Crippen molar-refractivity contribution >= 4 is 19.3 Å². The summed E-state index contributed by atoms with van der Waals surface area (Å²) in [4.78, 5) is 15.8. The maximum Gasteiger partial charge on any atom is 0.356 e. The Kier molecular flexibility index (Phi) is 4.58. The number of hydrogen-bond donors (Lipinski definition) is 2. The number of aliphatic hydroxyl groups excluding tert-OH is 1. The molecule has 0 saturated carbocycles. The lowest BCUT2D eigenvalue weighted by atomic mass is 9.93. The van der Waals surface area contributed by atoms with Crippen LogP contribution < -0.4 is 10.2 Å².